The zero-order valence-electron chi connectivity index (χ0n) is 9.30. The van der Waals surface area contributed by atoms with E-state index in [1.54, 1.807) is 17.4 Å². The van der Waals surface area contributed by atoms with Gasteiger partial charge in [0.1, 0.15) is 16.8 Å². The van der Waals surface area contributed by atoms with Crippen LogP contribution in [0, 0.1) is 12.7 Å². The molecule has 0 atom stereocenters. The molecule has 3 aromatic heterocycles. The second kappa shape index (κ2) is 3.99. The second-order valence-corrected chi connectivity index (χ2v) is 4.12. The molecule has 5 nitrogen and oxygen atoms in total. The average molecular weight is 264 g/mol. The minimum atomic E-state index is -0.427. The molecule has 0 saturated heterocycles. The fourth-order valence-corrected chi connectivity index (χ4v) is 1.99. The van der Waals surface area contributed by atoms with Gasteiger partial charge < -0.3 is 0 Å². The van der Waals surface area contributed by atoms with E-state index in [-0.39, 0.29) is 0 Å². The number of hydrogen-bond acceptors (Lipinski definition) is 4. The Kier molecular flexibility index (Phi) is 2.45. The smallest absolute Gasteiger partial charge is 0.171 e. The van der Waals surface area contributed by atoms with Gasteiger partial charge in [0.05, 0.1) is 6.20 Å². The molecule has 0 aliphatic heterocycles. The molecule has 90 valence electrons. The number of nitrogens with zero attached hydrogens (tertiary/aromatic N) is 5. The van der Waals surface area contributed by atoms with E-state index in [0.717, 1.165) is 6.20 Å². The SMILES string of the molecule is Cc1nc(Cl)cc2nnc(-c3cncc(F)c3)n12. The highest BCUT2D eigenvalue weighted by Gasteiger charge is 2.12. The van der Waals surface area contributed by atoms with Crippen LogP contribution in [0.4, 0.5) is 4.39 Å². The van der Waals surface area contributed by atoms with Crippen molar-refractivity contribution in [3.63, 3.8) is 0 Å². The summed E-state index contributed by atoms with van der Waals surface area (Å²) >= 11 is 5.84. The van der Waals surface area contributed by atoms with Crippen molar-refractivity contribution in [3.05, 3.63) is 41.3 Å². The second-order valence-electron chi connectivity index (χ2n) is 3.74. The summed E-state index contributed by atoms with van der Waals surface area (Å²) in [7, 11) is 0. The van der Waals surface area contributed by atoms with E-state index in [0.29, 0.717) is 28.0 Å². The summed E-state index contributed by atoms with van der Waals surface area (Å²) < 4.78 is 14.9. The predicted octanol–water partition coefficient (Wildman–Crippen LogP) is 2.29. The molecule has 0 radical (unpaired) electrons. The van der Waals surface area contributed by atoms with Crippen LogP contribution < -0.4 is 0 Å². The minimum Gasteiger partial charge on any atom is -0.263 e. The first-order valence-electron chi connectivity index (χ1n) is 5.14. The van der Waals surface area contributed by atoms with E-state index in [9.17, 15) is 4.39 Å². The van der Waals surface area contributed by atoms with Gasteiger partial charge in [-0.2, -0.15) is 0 Å². The van der Waals surface area contributed by atoms with Crippen LogP contribution in [0.15, 0.2) is 24.5 Å². The lowest BCUT2D eigenvalue weighted by Crippen LogP contribution is -1.98. The van der Waals surface area contributed by atoms with Gasteiger partial charge in [0, 0.05) is 17.8 Å². The van der Waals surface area contributed by atoms with Crippen LogP contribution in [-0.2, 0) is 0 Å². The zero-order chi connectivity index (χ0) is 12.7. The molecule has 0 amide bonds. The molecule has 0 aliphatic rings. The number of halogens is 2. The van der Waals surface area contributed by atoms with Gasteiger partial charge in [0.25, 0.3) is 0 Å². The lowest BCUT2D eigenvalue weighted by Gasteiger charge is -2.03. The molecule has 3 rings (SSSR count). The Balaban J connectivity index is 2.31. The number of pyridine rings is 1. The summed E-state index contributed by atoms with van der Waals surface area (Å²) in [6.45, 7) is 1.78. The Hall–Kier alpha value is -2.08. The van der Waals surface area contributed by atoms with Crippen LogP contribution in [0.5, 0.6) is 0 Å². The van der Waals surface area contributed by atoms with Crippen LogP contribution in [0.3, 0.4) is 0 Å². The lowest BCUT2D eigenvalue weighted by atomic mass is 10.2. The van der Waals surface area contributed by atoms with Crippen LogP contribution in [-0.4, -0.2) is 24.6 Å². The topological polar surface area (TPSA) is 56.0 Å². The number of fused-ring (bicyclic) bond motifs is 1. The van der Waals surface area contributed by atoms with Gasteiger partial charge >= 0.3 is 0 Å². The van der Waals surface area contributed by atoms with Crippen LogP contribution in [0.1, 0.15) is 5.82 Å². The average Bonchev–Trinajstić information content (AvgIpc) is 2.72. The van der Waals surface area contributed by atoms with Gasteiger partial charge in [0.15, 0.2) is 11.5 Å². The quantitative estimate of drug-likeness (QED) is 0.632. The normalized spacial score (nSPS) is 11.1. The van der Waals surface area contributed by atoms with Crippen molar-refractivity contribution in [2.45, 2.75) is 6.92 Å². The standard InChI is InChI=1S/C11H7ClFN5/c1-6-15-9(12)3-10-16-17-11(18(6)10)7-2-8(13)5-14-4-7/h2-5H,1H3. The fourth-order valence-electron chi connectivity index (χ4n) is 1.77. The molecule has 18 heavy (non-hydrogen) atoms. The third-order valence-corrected chi connectivity index (χ3v) is 2.69. The van der Waals surface area contributed by atoms with E-state index >= 15 is 0 Å². The van der Waals surface area contributed by atoms with Crippen molar-refractivity contribution >= 4 is 17.2 Å². The zero-order valence-corrected chi connectivity index (χ0v) is 10.1. The summed E-state index contributed by atoms with van der Waals surface area (Å²) in [5, 5.41) is 8.34. The first-order valence-corrected chi connectivity index (χ1v) is 5.52. The highest BCUT2D eigenvalue weighted by Crippen LogP contribution is 2.20. The van der Waals surface area contributed by atoms with Crippen molar-refractivity contribution in [2.24, 2.45) is 0 Å². The van der Waals surface area contributed by atoms with Gasteiger partial charge in [-0.3, -0.25) is 9.38 Å². The summed E-state index contributed by atoms with van der Waals surface area (Å²) in [5.74, 6) is 0.684. The van der Waals surface area contributed by atoms with Gasteiger partial charge in [-0.05, 0) is 13.0 Å². The van der Waals surface area contributed by atoms with Gasteiger partial charge in [-0.15, -0.1) is 10.2 Å². The molecule has 0 fully saturated rings. The third-order valence-electron chi connectivity index (χ3n) is 2.49. The molecular weight excluding hydrogens is 257 g/mol. The largest absolute Gasteiger partial charge is 0.263 e. The highest BCUT2D eigenvalue weighted by atomic mass is 35.5. The van der Waals surface area contributed by atoms with Crippen molar-refractivity contribution < 1.29 is 4.39 Å². The monoisotopic (exact) mass is 263 g/mol. The summed E-state index contributed by atoms with van der Waals surface area (Å²) in [5.41, 5.74) is 1.10. The number of hydrogen-bond donors (Lipinski definition) is 0. The molecule has 0 aliphatic carbocycles. The number of rotatable bonds is 1. The van der Waals surface area contributed by atoms with E-state index in [2.05, 4.69) is 20.2 Å². The molecule has 0 N–H and O–H groups in total. The van der Waals surface area contributed by atoms with Crippen molar-refractivity contribution in [2.75, 3.05) is 0 Å². The maximum absolute atomic E-state index is 13.2. The minimum absolute atomic E-state index is 0.344. The first-order chi connectivity index (χ1) is 8.65. The van der Waals surface area contributed by atoms with Crippen LogP contribution in [0.25, 0.3) is 17.0 Å². The molecule has 0 aromatic carbocycles. The Labute approximate surface area is 106 Å². The Morgan fingerprint density at radius 1 is 1.22 bits per heavy atom. The van der Waals surface area contributed by atoms with Crippen LogP contribution in [0.2, 0.25) is 5.15 Å². The predicted molar refractivity (Wildman–Crippen MR) is 63.7 cm³/mol. The number of aryl methyl sites for hydroxylation is 1. The molecular formula is C11H7ClFN5. The molecule has 0 spiro atoms. The van der Waals surface area contributed by atoms with E-state index in [1.165, 1.54) is 12.3 Å². The molecule has 3 heterocycles. The lowest BCUT2D eigenvalue weighted by molar-refractivity contribution is 0.621. The van der Waals surface area contributed by atoms with E-state index in [4.69, 9.17) is 11.6 Å². The molecule has 7 heteroatoms. The van der Waals surface area contributed by atoms with Crippen molar-refractivity contribution in [1.29, 1.82) is 0 Å². The third kappa shape index (κ3) is 1.70. The molecule has 0 unspecified atom stereocenters. The van der Waals surface area contributed by atoms with E-state index in [1.807, 2.05) is 0 Å². The Morgan fingerprint density at radius 2 is 2.06 bits per heavy atom. The molecule has 0 bridgehead atoms. The molecule has 0 saturated carbocycles. The molecule has 3 aromatic rings. The van der Waals surface area contributed by atoms with Gasteiger partial charge in [0.2, 0.25) is 0 Å². The van der Waals surface area contributed by atoms with Crippen molar-refractivity contribution in [1.82, 2.24) is 24.6 Å². The maximum Gasteiger partial charge on any atom is 0.171 e. The Bertz CT molecular complexity index is 739. The van der Waals surface area contributed by atoms with E-state index < -0.39 is 5.82 Å². The van der Waals surface area contributed by atoms with Crippen molar-refractivity contribution in [3.8, 4) is 11.4 Å². The summed E-state index contributed by atoms with van der Waals surface area (Å²) in [4.78, 5) is 7.91. The number of aromatic nitrogens is 5. The summed E-state index contributed by atoms with van der Waals surface area (Å²) in [6, 6.07) is 2.94. The summed E-state index contributed by atoms with van der Waals surface area (Å²) in [6.07, 6.45) is 2.66. The fraction of sp³-hybridized carbons (Fsp3) is 0.0909. The first kappa shape index (κ1) is 11.0. The van der Waals surface area contributed by atoms with Gasteiger partial charge in [-0.25, -0.2) is 9.37 Å². The Morgan fingerprint density at radius 3 is 2.83 bits per heavy atom. The van der Waals surface area contributed by atoms with Gasteiger partial charge in [-0.1, -0.05) is 11.6 Å². The maximum atomic E-state index is 13.2. The van der Waals surface area contributed by atoms with Crippen LogP contribution >= 0.6 is 11.6 Å². The highest BCUT2D eigenvalue weighted by molar-refractivity contribution is 6.29.